The third-order valence-corrected chi connectivity index (χ3v) is 2.91. The number of hydrogen-bond acceptors (Lipinski definition) is 3. The SMILES string of the molecule is N#Cc1ccc(OCCNc2ccc(F)cc2Cl)cc1. The summed E-state index contributed by atoms with van der Waals surface area (Å²) in [5.74, 6) is 0.324. The standard InChI is InChI=1S/C15H12ClFN2O/c16-14-9-12(17)3-6-15(14)19-7-8-20-13-4-1-11(10-18)2-5-13/h1-6,9,19H,7-8H2. The maximum atomic E-state index is 12.9. The third kappa shape index (κ3) is 3.87. The number of benzene rings is 2. The zero-order chi connectivity index (χ0) is 14.4. The minimum atomic E-state index is -0.366. The highest BCUT2D eigenvalue weighted by atomic mass is 35.5. The van der Waals surface area contributed by atoms with Crippen molar-refractivity contribution in [2.75, 3.05) is 18.5 Å². The molecule has 5 heteroatoms. The van der Waals surface area contributed by atoms with Crippen LogP contribution in [0.4, 0.5) is 10.1 Å². The van der Waals surface area contributed by atoms with Crippen molar-refractivity contribution < 1.29 is 9.13 Å². The zero-order valence-electron chi connectivity index (χ0n) is 10.6. The van der Waals surface area contributed by atoms with E-state index in [-0.39, 0.29) is 5.82 Å². The molecule has 0 saturated carbocycles. The van der Waals surface area contributed by atoms with Crippen LogP contribution in [0.2, 0.25) is 5.02 Å². The lowest BCUT2D eigenvalue weighted by Crippen LogP contribution is -2.11. The molecule has 20 heavy (non-hydrogen) atoms. The molecule has 2 aromatic rings. The van der Waals surface area contributed by atoms with Crippen molar-refractivity contribution >= 4 is 17.3 Å². The van der Waals surface area contributed by atoms with Crippen LogP contribution < -0.4 is 10.1 Å². The lowest BCUT2D eigenvalue weighted by molar-refractivity contribution is 0.333. The molecule has 0 spiro atoms. The first-order chi connectivity index (χ1) is 9.69. The molecule has 2 aromatic carbocycles. The summed E-state index contributed by atoms with van der Waals surface area (Å²) in [6.45, 7) is 0.963. The van der Waals surface area contributed by atoms with Gasteiger partial charge in [0.1, 0.15) is 18.2 Å². The maximum absolute atomic E-state index is 12.9. The van der Waals surface area contributed by atoms with Gasteiger partial charge in [0.05, 0.1) is 22.3 Å². The van der Waals surface area contributed by atoms with Crippen molar-refractivity contribution in [3.05, 3.63) is 58.9 Å². The summed E-state index contributed by atoms with van der Waals surface area (Å²) >= 11 is 5.88. The Kier molecular flexibility index (Phi) is 4.80. The molecule has 0 amide bonds. The largest absolute Gasteiger partial charge is 0.492 e. The molecule has 0 bridgehead atoms. The van der Waals surface area contributed by atoms with Gasteiger partial charge in [0, 0.05) is 6.54 Å². The fourth-order valence-electron chi connectivity index (χ4n) is 1.61. The molecule has 0 aliphatic heterocycles. The van der Waals surface area contributed by atoms with Gasteiger partial charge in [-0.1, -0.05) is 11.6 Å². The summed E-state index contributed by atoms with van der Waals surface area (Å²) in [6.07, 6.45) is 0. The summed E-state index contributed by atoms with van der Waals surface area (Å²) in [7, 11) is 0. The summed E-state index contributed by atoms with van der Waals surface area (Å²) in [4.78, 5) is 0. The highest BCUT2D eigenvalue weighted by Gasteiger charge is 2.01. The van der Waals surface area contributed by atoms with E-state index < -0.39 is 0 Å². The van der Waals surface area contributed by atoms with E-state index in [1.54, 1.807) is 30.3 Å². The van der Waals surface area contributed by atoms with Gasteiger partial charge in [-0.15, -0.1) is 0 Å². The lowest BCUT2D eigenvalue weighted by atomic mass is 10.2. The van der Waals surface area contributed by atoms with Crippen LogP contribution in [-0.2, 0) is 0 Å². The second-order valence-electron chi connectivity index (χ2n) is 4.04. The van der Waals surface area contributed by atoms with Crippen LogP contribution in [0.25, 0.3) is 0 Å². The van der Waals surface area contributed by atoms with Crippen molar-refractivity contribution in [3.8, 4) is 11.8 Å². The van der Waals surface area contributed by atoms with E-state index in [1.165, 1.54) is 12.1 Å². The van der Waals surface area contributed by atoms with Gasteiger partial charge in [0.2, 0.25) is 0 Å². The Bertz CT molecular complexity index is 623. The highest BCUT2D eigenvalue weighted by molar-refractivity contribution is 6.33. The molecule has 0 fully saturated rings. The number of nitrogens with zero attached hydrogens (tertiary/aromatic N) is 1. The molecule has 3 nitrogen and oxygen atoms in total. The molecule has 0 aliphatic carbocycles. The van der Waals surface area contributed by atoms with Gasteiger partial charge in [-0.2, -0.15) is 5.26 Å². The molecule has 0 unspecified atom stereocenters. The summed E-state index contributed by atoms with van der Waals surface area (Å²) < 4.78 is 18.4. The number of rotatable bonds is 5. The van der Waals surface area contributed by atoms with Gasteiger partial charge in [-0.25, -0.2) is 4.39 Å². The summed E-state index contributed by atoms with van der Waals surface area (Å²) in [5, 5.41) is 12.1. The van der Waals surface area contributed by atoms with E-state index >= 15 is 0 Å². The van der Waals surface area contributed by atoms with Crippen LogP contribution in [-0.4, -0.2) is 13.2 Å². The van der Waals surface area contributed by atoms with Gasteiger partial charge in [0.15, 0.2) is 0 Å². The van der Waals surface area contributed by atoms with E-state index in [9.17, 15) is 4.39 Å². The van der Waals surface area contributed by atoms with Gasteiger partial charge >= 0.3 is 0 Å². The third-order valence-electron chi connectivity index (χ3n) is 2.60. The number of nitriles is 1. The van der Waals surface area contributed by atoms with E-state index in [0.29, 0.717) is 35.2 Å². The van der Waals surface area contributed by atoms with Gasteiger partial charge in [0.25, 0.3) is 0 Å². The molecule has 1 N–H and O–H groups in total. The Balaban J connectivity index is 1.80. The van der Waals surface area contributed by atoms with Crippen molar-refractivity contribution in [1.29, 1.82) is 5.26 Å². The van der Waals surface area contributed by atoms with Crippen LogP contribution in [0, 0.1) is 17.1 Å². The molecule has 102 valence electrons. The van der Waals surface area contributed by atoms with E-state index in [0.717, 1.165) is 0 Å². The van der Waals surface area contributed by atoms with Crippen molar-refractivity contribution in [2.24, 2.45) is 0 Å². The van der Waals surface area contributed by atoms with Crippen LogP contribution in [0.3, 0.4) is 0 Å². The van der Waals surface area contributed by atoms with Crippen molar-refractivity contribution in [1.82, 2.24) is 0 Å². The molecule has 0 radical (unpaired) electrons. The normalized spacial score (nSPS) is 9.85. The molecular formula is C15H12ClFN2O. The smallest absolute Gasteiger partial charge is 0.124 e. The second kappa shape index (κ2) is 6.78. The quantitative estimate of drug-likeness (QED) is 0.851. The van der Waals surface area contributed by atoms with Crippen LogP contribution in [0.15, 0.2) is 42.5 Å². The molecule has 0 atom stereocenters. The minimum absolute atomic E-state index is 0.336. The first-order valence-corrected chi connectivity index (χ1v) is 6.39. The molecular weight excluding hydrogens is 279 g/mol. The number of nitrogens with one attached hydrogen (secondary N) is 1. The van der Waals surface area contributed by atoms with Crippen LogP contribution >= 0.6 is 11.6 Å². The zero-order valence-corrected chi connectivity index (χ0v) is 11.3. The topological polar surface area (TPSA) is 45.0 Å². The maximum Gasteiger partial charge on any atom is 0.124 e. The van der Waals surface area contributed by atoms with E-state index in [4.69, 9.17) is 21.6 Å². The van der Waals surface area contributed by atoms with Crippen LogP contribution in [0.5, 0.6) is 5.75 Å². The Morgan fingerprint density at radius 1 is 1.20 bits per heavy atom. The average Bonchev–Trinajstić information content (AvgIpc) is 2.46. The lowest BCUT2D eigenvalue weighted by Gasteiger charge is -2.10. The van der Waals surface area contributed by atoms with Crippen molar-refractivity contribution in [3.63, 3.8) is 0 Å². The molecule has 0 aromatic heterocycles. The van der Waals surface area contributed by atoms with Crippen molar-refractivity contribution in [2.45, 2.75) is 0 Å². The predicted octanol–water partition coefficient (Wildman–Crippen LogP) is 3.84. The van der Waals surface area contributed by atoms with Gasteiger partial charge in [-0.05, 0) is 42.5 Å². The fraction of sp³-hybridized carbons (Fsp3) is 0.133. The number of ether oxygens (including phenoxy) is 1. The minimum Gasteiger partial charge on any atom is -0.492 e. The molecule has 0 heterocycles. The first-order valence-electron chi connectivity index (χ1n) is 6.01. The Morgan fingerprint density at radius 2 is 1.95 bits per heavy atom. The molecule has 0 aliphatic rings. The molecule has 2 rings (SSSR count). The Labute approximate surface area is 121 Å². The summed E-state index contributed by atoms with van der Waals surface area (Å²) in [6, 6.07) is 13.1. The Hall–Kier alpha value is -2.25. The highest BCUT2D eigenvalue weighted by Crippen LogP contribution is 2.22. The van der Waals surface area contributed by atoms with E-state index in [1.807, 2.05) is 6.07 Å². The van der Waals surface area contributed by atoms with Gasteiger partial charge in [-0.3, -0.25) is 0 Å². The monoisotopic (exact) mass is 290 g/mol. The first kappa shape index (κ1) is 14.2. The number of hydrogen-bond donors (Lipinski definition) is 1. The predicted molar refractivity (Wildman–Crippen MR) is 76.6 cm³/mol. The Morgan fingerprint density at radius 3 is 2.60 bits per heavy atom. The summed E-state index contributed by atoms with van der Waals surface area (Å²) in [5.41, 5.74) is 1.25. The fourth-order valence-corrected chi connectivity index (χ4v) is 1.85. The molecule has 0 saturated heterocycles. The number of anilines is 1. The van der Waals surface area contributed by atoms with E-state index in [2.05, 4.69) is 5.32 Å². The average molecular weight is 291 g/mol. The van der Waals surface area contributed by atoms with Crippen LogP contribution in [0.1, 0.15) is 5.56 Å². The van der Waals surface area contributed by atoms with Gasteiger partial charge < -0.3 is 10.1 Å². The number of halogens is 2. The second-order valence-corrected chi connectivity index (χ2v) is 4.44.